The SMILES string of the molecule is OCc1nc(-c2ncc(Br)cc2Br)no1. The van der Waals surface area contributed by atoms with E-state index in [1.54, 1.807) is 6.20 Å². The van der Waals surface area contributed by atoms with Crippen molar-refractivity contribution in [3.05, 3.63) is 27.1 Å². The monoisotopic (exact) mass is 333 g/mol. The molecule has 1 N–H and O–H groups in total. The van der Waals surface area contributed by atoms with Gasteiger partial charge in [0.2, 0.25) is 5.82 Å². The summed E-state index contributed by atoms with van der Waals surface area (Å²) in [5.74, 6) is 0.514. The molecular formula is C8H5Br2N3O2. The van der Waals surface area contributed by atoms with Crippen LogP contribution in [0.3, 0.4) is 0 Å². The van der Waals surface area contributed by atoms with Crippen LogP contribution in [0.15, 0.2) is 25.7 Å². The predicted molar refractivity (Wildman–Crippen MR) is 58.9 cm³/mol. The van der Waals surface area contributed by atoms with Crippen molar-refractivity contribution in [2.24, 2.45) is 0 Å². The van der Waals surface area contributed by atoms with E-state index in [9.17, 15) is 0 Å². The minimum Gasteiger partial charge on any atom is -0.387 e. The molecule has 0 spiro atoms. The van der Waals surface area contributed by atoms with Gasteiger partial charge >= 0.3 is 0 Å². The van der Waals surface area contributed by atoms with Gasteiger partial charge < -0.3 is 9.63 Å². The van der Waals surface area contributed by atoms with Gasteiger partial charge in [0.25, 0.3) is 5.89 Å². The molecule has 5 nitrogen and oxygen atoms in total. The van der Waals surface area contributed by atoms with Gasteiger partial charge in [0, 0.05) is 15.1 Å². The van der Waals surface area contributed by atoms with Crippen molar-refractivity contribution in [2.45, 2.75) is 6.61 Å². The number of aromatic nitrogens is 3. The van der Waals surface area contributed by atoms with E-state index in [1.165, 1.54) is 0 Å². The average Bonchev–Trinajstić information content (AvgIpc) is 2.66. The van der Waals surface area contributed by atoms with Crippen molar-refractivity contribution in [1.82, 2.24) is 15.1 Å². The van der Waals surface area contributed by atoms with Crippen molar-refractivity contribution in [3.8, 4) is 11.5 Å². The Kier molecular flexibility index (Phi) is 3.13. The molecular weight excluding hydrogens is 330 g/mol. The standard InChI is InChI=1S/C8H5Br2N3O2/c9-4-1-5(10)7(11-2-4)8-12-6(3-14)15-13-8/h1-2,14H,3H2. The molecule has 15 heavy (non-hydrogen) atoms. The maximum absolute atomic E-state index is 8.78. The smallest absolute Gasteiger partial charge is 0.252 e. The van der Waals surface area contributed by atoms with Gasteiger partial charge in [-0.15, -0.1) is 0 Å². The number of aliphatic hydroxyl groups excluding tert-OH is 1. The van der Waals surface area contributed by atoms with Gasteiger partial charge in [-0.3, -0.25) is 4.98 Å². The molecule has 2 heterocycles. The second-order valence-corrected chi connectivity index (χ2v) is 4.42. The van der Waals surface area contributed by atoms with Gasteiger partial charge in [-0.05, 0) is 37.9 Å². The summed E-state index contributed by atoms with van der Waals surface area (Å²) in [6.07, 6.45) is 1.63. The Balaban J connectivity index is 2.44. The number of nitrogens with zero attached hydrogens (tertiary/aromatic N) is 3. The van der Waals surface area contributed by atoms with Crippen LogP contribution in [0.2, 0.25) is 0 Å². The highest BCUT2D eigenvalue weighted by molar-refractivity contribution is 9.11. The fraction of sp³-hybridized carbons (Fsp3) is 0.125. The highest BCUT2D eigenvalue weighted by atomic mass is 79.9. The molecule has 0 amide bonds. The van der Waals surface area contributed by atoms with Gasteiger partial charge in [-0.25, -0.2) is 0 Å². The molecule has 0 aromatic carbocycles. The lowest BCUT2D eigenvalue weighted by atomic mass is 10.3. The zero-order chi connectivity index (χ0) is 10.8. The number of aliphatic hydroxyl groups is 1. The molecule has 2 aromatic heterocycles. The van der Waals surface area contributed by atoms with Gasteiger partial charge in [-0.1, -0.05) is 5.16 Å². The normalized spacial score (nSPS) is 10.6. The summed E-state index contributed by atoms with van der Waals surface area (Å²) < 4.78 is 6.37. The van der Waals surface area contributed by atoms with Crippen molar-refractivity contribution in [2.75, 3.05) is 0 Å². The van der Waals surface area contributed by atoms with Crippen LogP contribution >= 0.6 is 31.9 Å². The molecule has 0 fully saturated rings. The van der Waals surface area contributed by atoms with E-state index in [1.807, 2.05) is 6.07 Å². The molecule has 0 bridgehead atoms. The summed E-state index contributed by atoms with van der Waals surface area (Å²) in [4.78, 5) is 8.09. The molecule has 0 saturated heterocycles. The Bertz CT molecular complexity index is 486. The van der Waals surface area contributed by atoms with Gasteiger partial charge in [0.05, 0.1) is 0 Å². The Hall–Kier alpha value is -0.790. The van der Waals surface area contributed by atoms with Crippen LogP contribution in [0.25, 0.3) is 11.5 Å². The van der Waals surface area contributed by atoms with Crippen LogP contribution < -0.4 is 0 Å². The fourth-order valence-corrected chi connectivity index (χ4v) is 2.16. The third kappa shape index (κ3) is 2.24. The molecule has 78 valence electrons. The topological polar surface area (TPSA) is 72.0 Å². The zero-order valence-electron chi connectivity index (χ0n) is 7.31. The second-order valence-electron chi connectivity index (χ2n) is 2.65. The third-order valence-corrected chi connectivity index (χ3v) is 2.66. The molecule has 0 atom stereocenters. The van der Waals surface area contributed by atoms with E-state index in [0.29, 0.717) is 11.5 Å². The average molecular weight is 335 g/mol. The summed E-state index contributed by atoms with van der Waals surface area (Å²) in [5, 5.41) is 12.5. The maximum atomic E-state index is 8.78. The lowest BCUT2D eigenvalue weighted by Gasteiger charge is -1.97. The quantitative estimate of drug-likeness (QED) is 0.911. The predicted octanol–water partition coefficient (Wildman–Crippen LogP) is 2.15. The second kappa shape index (κ2) is 4.38. The lowest BCUT2D eigenvalue weighted by molar-refractivity contribution is 0.222. The molecule has 0 aliphatic carbocycles. The van der Waals surface area contributed by atoms with Crippen molar-refractivity contribution in [3.63, 3.8) is 0 Å². The molecule has 0 unspecified atom stereocenters. The molecule has 2 rings (SSSR count). The number of pyridine rings is 1. The Morgan fingerprint density at radius 3 is 2.80 bits per heavy atom. The molecule has 0 aliphatic heterocycles. The Morgan fingerprint density at radius 1 is 1.40 bits per heavy atom. The van der Waals surface area contributed by atoms with E-state index >= 15 is 0 Å². The van der Waals surface area contributed by atoms with Crippen molar-refractivity contribution in [1.29, 1.82) is 0 Å². The molecule has 7 heteroatoms. The molecule has 0 saturated carbocycles. The lowest BCUT2D eigenvalue weighted by Crippen LogP contribution is -1.88. The Labute approximate surface area is 102 Å². The summed E-state index contributed by atoms with van der Waals surface area (Å²) in [6.45, 7) is -0.277. The highest BCUT2D eigenvalue weighted by Crippen LogP contribution is 2.26. The first kappa shape index (κ1) is 10.7. The Morgan fingerprint density at radius 2 is 2.20 bits per heavy atom. The van der Waals surface area contributed by atoms with Crippen molar-refractivity contribution < 1.29 is 9.63 Å². The minimum absolute atomic E-state index is 0.168. The van der Waals surface area contributed by atoms with E-state index in [2.05, 4.69) is 47.0 Å². The number of rotatable bonds is 2. The summed E-state index contributed by atoms with van der Waals surface area (Å²) in [5.41, 5.74) is 0.571. The van der Waals surface area contributed by atoms with E-state index in [-0.39, 0.29) is 12.5 Å². The van der Waals surface area contributed by atoms with Gasteiger partial charge in [-0.2, -0.15) is 4.98 Å². The number of hydrogen-bond donors (Lipinski definition) is 1. The maximum Gasteiger partial charge on any atom is 0.252 e. The van der Waals surface area contributed by atoms with Crippen LogP contribution in [0, 0.1) is 0 Å². The first-order valence-corrected chi connectivity index (χ1v) is 5.54. The summed E-state index contributed by atoms with van der Waals surface area (Å²) in [6, 6.07) is 1.83. The van der Waals surface area contributed by atoms with Crippen LogP contribution in [-0.4, -0.2) is 20.2 Å². The molecule has 2 aromatic rings. The van der Waals surface area contributed by atoms with Crippen LogP contribution in [0.5, 0.6) is 0 Å². The van der Waals surface area contributed by atoms with Gasteiger partial charge in [0.1, 0.15) is 12.3 Å². The first-order valence-electron chi connectivity index (χ1n) is 3.95. The minimum atomic E-state index is -0.277. The molecule has 0 aliphatic rings. The third-order valence-electron chi connectivity index (χ3n) is 1.62. The van der Waals surface area contributed by atoms with Crippen LogP contribution in [0.1, 0.15) is 5.89 Å². The first-order chi connectivity index (χ1) is 7.20. The van der Waals surface area contributed by atoms with Crippen molar-refractivity contribution >= 4 is 31.9 Å². The highest BCUT2D eigenvalue weighted by Gasteiger charge is 2.12. The van der Waals surface area contributed by atoms with E-state index < -0.39 is 0 Å². The summed E-state index contributed by atoms with van der Waals surface area (Å²) in [7, 11) is 0. The van der Waals surface area contributed by atoms with Crippen LogP contribution in [-0.2, 0) is 6.61 Å². The van der Waals surface area contributed by atoms with Gasteiger partial charge in [0.15, 0.2) is 0 Å². The largest absolute Gasteiger partial charge is 0.387 e. The van der Waals surface area contributed by atoms with E-state index in [4.69, 9.17) is 9.63 Å². The van der Waals surface area contributed by atoms with E-state index in [0.717, 1.165) is 8.95 Å². The molecule has 0 radical (unpaired) electrons. The number of hydrogen-bond acceptors (Lipinski definition) is 5. The zero-order valence-corrected chi connectivity index (χ0v) is 10.5. The fourth-order valence-electron chi connectivity index (χ4n) is 0.994. The summed E-state index contributed by atoms with van der Waals surface area (Å²) >= 11 is 6.63. The van der Waals surface area contributed by atoms with Crippen LogP contribution in [0.4, 0.5) is 0 Å². The number of halogens is 2.